The molecule has 0 radical (unpaired) electrons. The average Bonchev–Trinajstić information content (AvgIpc) is 2.88. The van der Waals surface area contributed by atoms with E-state index in [1.807, 2.05) is 59.5 Å². The van der Waals surface area contributed by atoms with E-state index in [-0.39, 0.29) is 11.8 Å². The summed E-state index contributed by atoms with van der Waals surface area (Å²) in [5.41, 5.74) is 3.18. The molecule has 168 valence electrons. The predicted octanol–water partition coefficient (Wildman–Crippen LogP) is 4.52. The van der Waals surface area contributed by atoms with Gasteiger partial charge in [-0.3, -0.25) is 14.6 Å². The largest absolute Gasteiger partial charge is 0.352 e. The highest BCUT2D eigenvalue weighted by atomic mass is 16.2. The molecule has 0 bridgehead atoms. The fourth-order valence-electron chi connectivity index (χ4n) is 4.68. The molecule has 1 fully saturated rings. The number of piperidine rings is 1. The molecule has 2 amide bonds. The second kappa shape index (κ2) is 10.3. The Kier molecular flexibility index (Phi) is 6.98. The van der Waals surface area contributed by atoms with Gasteiger partial charge in [0, 0.05) is 37.6 Å². The van der Waals surface area contributed by atoms with Crippen LogP contribution in [-0.2, 0) is 11.2 Å². The van der Waals surface area contributed by atoms with Crippen LogP contribution in [0, 0.1) is 5.41 Å². The molecule has 0 spiro atoms. The molecule has 1 aromatic heterocycles. The minimum absolute atomic E-state index is 0.0291. The highest BCUT2D eigenvalue weighted by molar-refractivity contribution is 5.95. The number of hydrogen-bond donors (Lipinski definition) is 1. The molecule has 2 aromatic carbocycles. The van der Waals surface area contributed by atoms with Crippen LogP contribution in [0.3, 0.4) is 0 Å². The molecule has 2 heterocycles. The Morgan fingerprint density at radius 2 is 1.76 bits per heavy atom. The van der Waals surface area contributed by atoms with Crippen LogP contribution < -0.4 is 5.32 Å². The van der Waals surface area contributed by atoms with Crippen molar-refractivity contribution in [3.05, 3.63) is 103 Å². The van der Waals surface area contributed by atoms with E-state index in [4.69, 9.17) is 0 Å². The van der Waals surface area contributed by atoms with Crippen LogP contribution in [0.5, 0.6) is 0 Å². The summed E-state index contributed by atoms with van der Waals surface area (Å²) in [7, 11) is 0. The van der Waals surface area contributed by atoms with Crippen LogP contribution in [0.4, 0.5) is 0 Å². The van der Waals surface area contributed by atoms with Gasteiger partial charge in [-0.15, -0.1) is 6.58 Å². The fraction of sp³-hybridized carbons (Fsp3) is 0.250. The first-order valence-electron chi connectivity index (χ1n) is 11.3. The maximum atomic E-state index is 13.5. The average molecular weight is 440 g/mol. The van der Waals surface area contributed by atoms with Gasteiger partial charge in [0.05, 0.1) is 5.41 Å². The van der Waals surface area contributed by atoms with Crippen LogP contribution in [-0.4, -0.2) is 41.3 Å². The van der Waals surface area contributed by atoms with E-state index < -0.39 is 5.41 Å². The van der Waals surface area contributed by atoms with Crippen molar-refractivity contribution in [2.24, 2.45) is 5.41 Å². The summed E-state index contributed by atoms with van der Waals surface area (Å²) in [6.07, 6.45) is 7.29. The summed E-state index contributed by atoms with van der Waals surface area (Å²) < 4.78 is 0. The second-order valence-electron chi connectivity index (χ2n) is 8.55. The standard InChI is InChI=1S/C28H29N3O2/c1-2-16-30-27(33)28(15-8-19-31(21-28)26(32)23-9-4-3-5-10-23)20-24-11-6-7-12-25(24)22-13-17-29-18-14-22/h2-7,9-14,17-18H,1,8,15-16,19-21H2,(H,30,33)/t28-/m0/s1. The van der Waals surface area contributed by atoms with Gasteiger partial charge in [-0.05, 0) is 60.2 Å². The lowest BCUT2D eigenvalue weighted by Crippen LogP contribution is -2.54. The van der Waals surface area contributed by atoms with Crippen LogP contribution in [0.2, 0.25) is 0 Å². The van der Waals surface area contributed by atoms with Crippen molar-refractivity contribution in [3.8, 4) is 11.1 Å². The quantitative estimate of drug-likeness (QED) is 0.551. The SMILES string of the molecule is C=CCNC(=O)[C@]1(Cc2ccccc2-c2ccncc2)CCCN(C(=O)c2ccccc2)C1. The number of carbonyl (C=O) groups excluding carboxylic acids is 2. The number of nitrogens with one attached hydrogen (secondary N) is 1. The Bertz CT molecular complexity index is 1110. The number of carbonyl (C=O) groups is 2. The van der Waals surface area contributed by atoms with Crippen LogP contribution in [0.25, 0.3) is 11.1 Å². The molecule has 33 heavy (non-hydrogen) atoms. The minimum Gasteiger partial charge on any atom is -0.352 e. The molecule has 3 aromatic rings. The normalized spacial score (nSPS) is 17.9. The summed E-state index contributed by atoms with van der Waals surface area (Å²) in [6, 6.07) is 21.4. The van der Waals surface area contributed by atoms with Crippen LogP contribution in [0.15, 0.2) is 91.8 Å². The lowest BCUT2D eigenvalue weighted by atomic mass is 9.73. The van der Waals surface area contributed by atoms with E-state index >= 15 is 0 Å². The molecule has 1 saturated heterocycles. The molecule has 1 N–H and O–H groups in total. The topological polar surface area (TPSA) is 62.3 Å². The predicted molar refractivity (Wildman–Crippen MR) is 131 cm³/mol. The second-order valence-corrected chi connectivity index (χ2v) is 8.55. The zero-order chi connectivity index (χ0) is 23.1. The molecule has 0 unspecified atom stereocenters. The maximum Gasteiger partial charge on any atom is 0.253 e. The first-order chi connectivity index (χ1) is 16.1. The summed E-state index contributed by atoms with van der Waals surface area (Å²) in [6.45, 7) is 5.17. The summed E-state index contributed by atoms with van der Waals surface area (Å²) in [5, 5.41) is 3.02. The van der Waals surface area contributed by atoms with Gasteiger partial charge in [0.1, 0.15) is 0 Å². The van der Waals surface area contributed by atoms with E-state index in [0.717, 1.165) is 29.5 Å². The van der Waals surface area contributed by atoms with Crippen molar-refractivity contribution in [1.82, 2.24) is 15.2 Å². The first-order valence-corrected chi connectivity index (χ1v) is 11.3. The highest BCUT2D eigenvalue weighted by Gasteiger charge is 2.43. The number of likely N-dealkylation sites (tertiary alicyclic amines) is 1. The van der Waals surface area contributed by atoms with Crippen molar-refractivity contribution in [3.63, 3.8) is 0 Å². The van der Waals surface area contributed by atoms with E-state index in [1.54, 1.807) is 18.5 Å². The van der Waals surface area contributed by atoms with Crippen LogP contribution in [0.1, 0.15) is 28.8 Å². The Hall–Kier alpha value is -3.73. The van der Waals surface area contributed by atoms with Crippen LogP contribution >= 0.6 is 0 Å². The van der Waals surface area contributed by atoms with Gasteiger partial charge < -0.3 is 10.2 Å². The lowest BCUT2D eigenvalue weighted by Gasteiger charge is -2.42. The number of hydrogen-bond acceptors (Lipinski definition) is 3. The van der Waals surface area contributed by atoms with Gasteiger partial charge in [-0.25, -0.2) is 0 Å². The molecule has 5 heteroatoms. The Morgan fingerprint density at radius 1 is 1.03 bits per heavy atom. The third-order valence-corrected chi connectivity index (χ3v) is 6.31. The number of nitrogens with zero attached hydrogens (tertiary/aromatic N) is 2. The molecule has 0 aliphatic carbocycles. The molecule has 5 nitrogen and oxygen atoms in total. The molecule has 1 atom stereocenters. The number of aromatic nitrogens is 1. The van der Waals surface area contributed by atoms with Gasteiger partial charge in [-0.2, -0.15) is 0 Å². The number of rotatable bonds is 7. The maximum absolute atomic E-state index is 13.5. The van der Waals surface area contributed by atoms with Gasteiger partial charge >= 0.3 is 0 Å². The van der Waals surface area contributed by atoms with Crippen molar-refractivity contribution >= 4 is 11.8 Å². The van der Waals surface area contributed by atoms with Gasteiger partial charge in [0.25, 0.3) is 5.91 Å². The van der Waals surface area contributed by atoms with Crippen molar-refractivity contribution in [1.29, 1.82) is 0 Å². The Balaban J connectivity index is 1.68. The molecular weight excluding hydrogens is 410 g/mol. The Morgan fingerprint density at radius 3 is 2.52 bits per heavy atom. The third kappa shape index (κ3) is 5.03. The van der Waals surface area contributed by atoms with Gasteiger partial charge in [-0.1, -0.05) is 48.5 Å². The summed E-state index contributed by atoms with van der Waals surface area (Å²) >= 11 is 0. The molecule has 0 saturated carbocycles. The zero-order valence-corrected chi connectivity index (χ0v) is 18.7. The van der Waals surface area contributed by atoms with Crippen molar-refractivity contribution < 1.29 is 9.59 Å². The highest BCUT2D eigenvalue weighted by Crippen LogP contribution is 2.37. The number of amides is 2. The Labute approximate surface area is 195 Å². The van der Waals surface area contributed by atoms with E-state index in [1.165, 1.54) is 0 Å². The number of benzene rings is 2. The molecule has 4 rings (SSSR count). The van der Waals surface area contributed by atoms with E-state index in [9.17, 15) is 9.59 Å². The lowest BCUT2D eigenvalue weighted by molar-refractivity contribution is -0.133. The summed E-state index contributed by atoms with van der Waals surface area (Å²) in [5.74, 6) is -0.0592. The smallest absolute Gasteiger partial charge is 0.253 e. The van der Waals surface area contributed by atoms with Gasteiger partial charge in [0.2, 0.25) is 5.91 Å². The molecule has 1 aliphatic heterocycles. The van der Waals surface area contributed by atoms with Crippen molar-refractivity contribution in [2.45, 2.75) is 19.3 Å². The number of pyridine rings is 1. The molecule has 1 aliphatic rings. The first kappa shape index (κ1) is 22.5. The monoisotopic (exact) mass is 439 g/mol. The fourth-order valence-corrected chi connectivity index (χ4v) is 4.68. The minimum atomic E-state index is -0.713. The van der Waals surface area contributed by atoms with E-state index in [0.29, 0.717) is 31.6 Å². The van der Waals surface area contributed by atoms with E-state index in [2.05, 4.69) is 29.0 Å². The zero-order valence-electron chi connectivity index (χ0n) is 18.7. The molecular formula is C28H29N3O2. The van der Waals surface area contributed by atoms with Crippen molar-refractivity contribution in [2.75, 3.05) is 19.6 Å². The summed E-state index contributed by atoms with van der Waals surface area (Å²) in [4.78, 5) is 32.7. The third-order valence-electron chi connectivity index (χ3n) is 6.31. The van der Waals surface area contributed by atoms with Gasteiger partial charge in [0.15, 0.2) is 0 Å².